The SMILES string of the molecule is Cc1ccc(C)c(C(=O)N(Cc2ccccc2)c2nc3c(C)cccc3s2)c1. The van der Waals surface area contributed by atoms with Gasteiger partial charge >= 0.3 is 0 Å². The minimum atomic E-state index is -0.0123. The summed E-state index contributed by atoms with van der Waals surface area (Å²) in [5.74, 6) is -0.0123. The van der Waals surface area contributed by atoms with Crippen LogP contribution in [0.1, 0.15) is 32.6 Å². The van der Waals surface area contributed by atoms with Crippen molar-refractivity contribution in [3.05, 3.63) is 94.5 Å². The molecule has 1 amide bonds. The number of thiazole rings is 1. The van der Waals surface area contributed by atoms with Crippen molar-refractivity contribution in [2.45, 2.75) is 27.3 Å². The second kappa shape index (κ2) is 7.56. The van der Waals surface area contributed by atoms with Gasteiger partial charge in [-0.05, 0) is 49.6 Å². The van der Waals surface area contributed by atoms with Gasteiger partial charge in [-0.3, -0.25) is 9.69 Å². The van der Waals surface area contributed by atoms with Crippen molar-refractivity contribution in [3.63, 3.8) is 0 Å². The molecule has 140 valence electrons. The van der Waals surface area contributed by atoms with Crippen LogP contribution in [0.3, 0.4) is 0 Å². The molecule has 0 bridgehead atoms. The van der Waals surface area contributed by atoms with Gasteiger partial charge in [0.15, 0.2) is 5.13 Å². The molecule has 28 heavy (non-hydrogen) atoms. The van der Waals surface area contributed by atoms with Crippen LogP contribution in [0.5, 0.6) is 0 Å². The number of benzene rings is 3. The molecule has 0 aliphatic carbocycles. The normalized spacial score (nSPS) is 11.0. The summed E-state index contributed by atoms with van der Waals surface area (Å²) in [5, 5.41) is 0.735. The number of amides is 1. The molecular formula is C24H22N2OS. The van der Waals surface area contributed by atoms with Crippen molar-refractivity contribution in [3.8, 4) is 0 Å². The second-order valence-electron chi connectivity index (χ2n) is 7.11. The molecule has 0 N–H and O–H groups in total. The molecule has 0 aliphatic heterocycles. The van der Waals surface area contributed by atoms with Gasteiger partial charge in [-0.25, -0.2) is 4.98 Å². The highest BCUT2D eigenvalue weighted by molar-refractivity contribution is 7.22. The zero-order chi connectivity index (χ0) is 19.7. The number of rotatable bonds is 4. The number of carbonyl (C=O) groups is 1. The molecule has 0 atom stereocenters. The number of aryl methyl sites for hydroxylation is 3. The van der Waals surface area contributed by atoms with Crippen LogP contribution in [0.4, 0.5) is 5.13 Å². The summed E-state index contributed by atoms with van der Waals surface area (Å²) in [6, 6.07) is 22.2. The highest BCUT2D eigenvalue weighted by Gasteiger charge is 2.23. The Morgan fingerprint density at radius 1 is 0.929 bits per heavy atom. The van der Waals surface area contributed by atoms with Gasteiger partial charge in [0.2, 0.25) is 0 Å². The highest BCUT2D eigenvalue weighted by atomic mass is 32.1. The lowest BCUT2D eigenvalue weighted by Gasteiger charge is -2.21. The molecular weight excluding hydrogens is 364 g/mol. The van der Waals surface area contributed by atoms with E-state index in [1.54, 1.807) is 16.2 Å². The average Bonchev–Trinajstić information content (AvgIpc) is 3.14. The van der Waals surface area contributed by atoms with E-state index in [0.29, 0.717) is 6.54 Å². The van der Waals surface area contributed by atoms with Crippen LogP contribution in [-0.2, 0) is 6.54 Å². The molecule has 4 rings (SSSR count). The molecule has 4 heteroatoms. The molecule has 3 nitrogen and oxygen atoms in total. The molecule has 0 saturated heterocycles. The van der Waals surface area contributed by atoms with Crippen LogP contribution < -0.4 is 4.90 Å². The van der Waals surface area contributed by atoms with E-state index in [9.17, 15) is 4.79 Å². The predicted molar refractivity (Wildman–Crippen MR) is 117 cm³/mol. The molecule has 0 spiro atoms. The number of hydrogen-bond donors (Lipinski definition) is 0. The first-order chi connectivity index (χ1) is 13.5. The third-order valence-electron chi connectivity index (χ3n) is 4.89. The summed E-state index contributed by atoms with van der Waals surface area (Å²) in [4.78, 5) is 20.2. The first-order valence-corrected chi connectivity index (χ1v) is 10.1. The van der Waals surface area contributed by atoms with Gasteiger partial charge < -0.3 is 0 Å². The number of aromatic nitrogens is 1. The number of nitrogens with zero attached hydrogens (tertiary/aromatic N) is 2. The summed E-state index contributed by atoms with van der Waals surface area (Å²) < 4.78 is 1.10. The molecule has 0 unspecified atom stereocenters. The standard InChI is InChI=1S/C24H22N2OS/c1-16-12-13-17(2)20(14-16)23(27)26(15-19-9-5-4-6-10-19)24-25-22-18(3)8-7-11-21(22)28-24/h4-14H,15H2,1-3H3. The summed E-state index contributed by atoms with van der Waals surface area (Å²) in [6.07, 6.45) is 0. The fourth-order valence-corrected chi connectivity index (χ4v) is 4.34. The van der Waals surface area contributed by atoms with E-state index < -0.39 is 0 Å². The molecule has 0 aliphatic rings. The van der Waals surface area contributed by atoms with Crippen LogP contribution in [0, 0.1) is 20.8 Å². The lowest BCUT2D eigenvalue weighted by molar-refractivity contribution is 0.0984. The lowest BCUT2D eigenvalue weighted by atomic mass is 10.0. The highest BCUT2D eigenvalue weighted by Crippen LogP contribution is 2.32. The molecule has 4 aromatic rings. The Hall–Kier alpha value is -2.98. The first-order valence-electron chi connectivity index (χ1n) is 9.32. The van der Waals surface area contributed by atoms with Crippen LogP contribution in [0.15, 0.2) is 66.7 Å². The number of carbonyl (C=O) groups excluding carboxylic acids is 1. The van der Waals surface area contributed by atoms with E-state index in [-0.39, 0.29) is 5.91 Å². The second-order valence-corrected chi connectivity index (χ2v) is 8.12. The maximum Gasteiger partial charge on any atom is 0.260 e. The maximum atomic E-state index is 13.6. The van der Waals surface area contributed by atoms with Gasteiger partial charge in [0.1, 0.15) is 0 Å². The lowest BCUT2D eigenvalue weighted by Crippen LogP contribution is -2.31. The van der Waals surface area contributed by atoms with E-state index in [4.69, 9.17) is 4.98 Å². The van der Waals surface area contributed by atoms with E-state index in [0.717, 1.165) is 43.2 Å². The van der Waals surface area contributed by atoms with Crippen molar-refractivity contribution < 1.29 is 4.79 Å². The van der Waals surface area contributed by atoms with E-state index in [2.05, 4.69) is 19.1 Å². The number of hydrogen-bond acceptors (Lipinski definition) is 3. The first kappa shape index (κ1) is 18.4. The number of para-hydroxylation sites is 1. The maximum absolute atomic E-state index is 13.6. The van der Waals surface area contributed by atoms with Gasteiger partial charge in [0.25, 0.3) is 5.91 Å². The average molecular weight is 387 g/mol. The van der Waals surface area contributed by atoms with Crippen molar-refractivity contribution >= 4 is 32.6 Å². The molecule has 1 aromatic heterocycles. The molecule has 3 aromatic carbocycles. The summed E-state index contributed by atoms with van der Waals surface area (Å²) in [5.41, 5.74) is 5.96. The zero-order valence-corrected chi connectivity index (χ0v) is 17.1. The third kappa shape index (κ3) is 3.56. The topological polar surface area (TPSA) is 33.2 Å². The largest absolute Gasteiger partial charge is 0.279 e. The minimum absolute atomic E-state index is 0.0123. The van der Waals surface area contributed by atoms with Crippen LogP contribution in [-0.4, -0.2) is 10.9 Å². The van der Waals surface area contributed by atoms with Crippen molar-refractivity contribution in [2.24, 2.45) is 0 Å². The Balaban J connectivity index is 1.82. The van der Waals surface area contributed by atoms with Crippen LogP contribution >= 0.6 is 11.3 Å². The molecule has 1 heterocycles. The smallest absolute Gasteiger partial charge is 0.260 e. The minimum Gasteiger partial charge on any atom is -0.279 e. The van der Waals surface area contributed by atoms with Gasteiger partial charge in [-0.1, -0.05) is 71.5 Å². The number of fused-ring (bicyclic) bond motifs is 1. The van der Waals surface area contributed by atoms with Gasteiger partial charge in [-0.15, -0.1) is 0 Å². The van der Waals surface area contributed by atoms with Crippen LogP contribution in [0.2, 0.25) is 0 Å². The fourth-order valence-electron chi connectivity index (χ4n) is 3.29. The summed E-state index contributed by atoms with van der Waals surface area (Å²) in [7, 11) is 0. The van der Waals surface area contributed by atoms with Crippen molar-refractivity contribution in [1.29, 1.82) is 0 Å². The quantitative estimate of drug-likeness (QED) is 0.426. The third-order valence-corrected chi connectivity index (χ3v) is 5.94. The summed E-state index contributed by atoms with van der Waals surface area (Å²) in [6.45, 7) is 6.54. The Labute approximate surface area is 169 Å². The van der Waals surface area contributed by atoms with Gasteiger partial charge in [0.05, 0.1) is 16.8 Å². The fraction of sp³-hybridized carbons (Fsp3) is 0.167. The van der Waals surface area contributed by atoms with E-state index >= 15 is 0 Å². The molecule has 0 radical (unpaired) electrons. The van der Waals surface area contributed by atoms with E-state index in [1.807, 2.05) is 68.4 Å². The summed E-state index contributed by atoms with van der Waals surface area (Å²) >= 11 is 1.57. The Morgan fingerprint density at radius 3 is 2.46 bits per heavy atom. The van der Waals surface area contributed by atoms with Crippen molar-refractivity contribution in [1.82, 2.24) is 4.98 Å². The molecule has 0 fully saturated rings. The predicted octanol–water partition coefficient (Wildman–Crippen LogP) is 6.07. The van der Waals surface area contributed by atoms with Crippen LogP contribution in [0.25, 0.3) is 10.2 Å². The Kier molecular flexibility index (Phi) is 4.97. The van der Waals surface area contributed by atoms with E-state index in [1.165, 1.54) is 0 Å². The monoisotopic (exact) mass is 386 g/mol. The number of anilines is 1. The van der Waals surface area contributed by atoms with Gasteiger partial charge in [0, 0.05) is 5.56 Å². The Bertz CT molecular complexity index is 1150. The molecule has 0 saturated carbocycles. The zero-order valence-electron chi connectivity index (χ0n) is 16.3. The Morgan fingerprint density at radius 2 is 1.71 bits per heavy atom. The van der Waals surface area contributed by atoms with Gasteiger partial charge in [-0.2, -0.15) is 0 Å². The van der Waals surface area contributed by atoms with Crippen molar-refractivity contribution in [2.75, 3.05) is 4.90 Å².